The summed E-state index contributed by atoms with van der Waals surface area (Å²) >= 11 is 6.00. The van der Waals surface area contributed by atoms with E-state index in [9.17, 15) is 5.11 Å². The van der Waals surface area contributed by atoms with E-state index in [4.69, 9.17) is 11.6 Å². The number of aromatic hydroxyl groups is 1. The third kappa shape index (κ3) is 2.17. The summed E-state index contributed by atoms with van der Waals surface area (Å²) in [6, 6.07) is 13.0. The predicted molar refractivity (Wildman–Crippen MR) is 76.6 cm³/mol. The minimum Gasteiger partial charge on any atom is -0.508 e. The number of benzene rings is 2. The van der Waals surface area contributed by atoms with Crippen molar-refractivity contribution in [3.63, 3.8) is 0 Å². The van der Waals surface area contributed by atoms with Crippen LogP contribution in [-0.2, 0) is 13.5 Å². The molecule has 2 aromatic carbocycles. The summed E-state index contributed by atoms with van der Waals surface area (Å²) in [5.74, 6) is 1.20. The van der Waals surface area contributed by atoms with E-state index in [0.717, 1.165) is 22.4 Å². The van der Waals surface area contributed by atoms with Gasteiger partial charge in [-0.2, -0.15) is 0 Å². The molecule has 4 heteroatoms. The molecule has 96 valence electrons. The van der Waals surface area contributed by atoms with Crippen LogP contribution >= 0.6 is 11.6 Å². The van der Waals surface area contributed by atoms with Crippen LogP contribution in [0, 0.1) is 0 Å². The summed E-state index contributed by atoms with van der Waals surface area (Å²) in [7, 11) is 1.96. The Morgan fingerprint density at radius 1 is 1.21 bits per heavy atom. The van der Waals surface area contributed by atoms with Gasteiger partial charge in [0.1, 0.15) is 11.6 Å². The molecule has 1 heterocycles. The number of phenols is 1. The zero-order valence-electron chi connectivity index (χ0n) is 10.5. The molecule has 0 amide bonds. The normalized spacial score (nSPS) is 11.1. The Kier molecular flexibility index (Phi) is 2.91. The molecule has 0 unspecified atom stereocenters. The molecular formula is C15H13ClN2O. The van der Waals surface area contributed by atoms with Crippen molar-refractivity contribution in [2.75, 3.05) is 0 Å². The molecule has 0 spiro atoms. The van der Waals surface area contributed by atoms with E-state index in [-0.39, 0.29) is 0 Å². The molecule has 3 rings (SSSR count). The number of aromatic nitrogens is 2. The first kappa shape index (κ1) is 12.1. The van der Waals surface area contributed by atoms with Crippen LogP contribution in [0.3, 0.4) is 0 Å². The van der Waals surface area contributed by atoms with Crippen molar-refractivity contribution in [2.24, 2.45) is 7.05 Å². The van der Waals surface area contributed by atoms with Gasteiger partial charge in [-0.05, 0) is 24.3 Å². The summed E-state index contributed by atoms with van der Waals surface area (Å²) in [4.78, 5) is 4.58. The first-order valence-corrected chi connectivity index (χ1v) is 6.40. The number of para-hydroxylation sites is 1. The predicted octanol–water partition coefficient (Wildman–Crippen LogP) is 3.52. The average molecular weight is 273 g/mol. The van der Waals surface area contributed by atoms with Crippen molar-refractivity contribution in [1.82, 2.24) is 9.55 Å². The molecule has 0 bridgehead atoms. The molecule has 0 fully saturated rings. The van der Waals surface area contributed by atoms with Crippen molar-refractivity contribution in [2.45, 2.75) is 6.42 Å². The van der Waals surface area contributed by atoms with Crippen LogP contribution in [0.25, 0.3) is 11.0 Å². The number of hydrogen-bond donors (Lipinski definition) is 1. The maximum atomic E-state index is 9.82. The van der Waals surface area contributed by atoms with Gasteiger partial charge in [-0.1, -0.05) is 29.8 Å². The number of fused-ring (bicyclic) bond motifs is 1. The Bertz CT molecular complexity index is 749. The van der Waals surface area contributed by atoms with Gasteiger partial charge < -0.3 is 9.67 Å². The lowest BCUT2D eigenvalue weighted by atomic mass is 10.1. The van der Waals surface area contributed by atoms with Gasteiger partial charge in [0, 0.05) is 24.1 Å². The van der Waals surface area contributed by atoms with Crippen LogP contribution in [0.1, 0.15) is 11.4 Å². The third-order valence-corrected chi connectivity index (χ3v) is 3.51. The lowest BCUT2D eigenvalue weighted by molar-refractivity contribution is 0.469. The zero-order chi connectivity index (χ0) is 13.4. The van der Waals surface area contributed by atoms with Crippen LogP contribution < -0.4 is 0 Å². The van der Waals surface area contributed by atoms with Gasteiger partial charge in [0.2, 0.25) is 0 Å². The molecule has 19 heavy (non-hydrogen) atoms. The van der Waals surface area contributed by atoms with E-state index in [0.29, 0.717) is 17.2 Å². The maximum absolute atomic E-state index is 9.82. The van der Waals surface area contributed by atoms with Crippen LogP contribution in [0.2, 0.25) is 5.02 Å². The van der Waals surface area contributed by atoms with Gasteiger partial charge >= 0.3 is 0 Å². The third-order valence-electron chi connectivity index (χ3n) is 3.28. The van der Waals surface area contributed by atoms with Crippen LogP contribution in [0.15, 0.2) is 42.5 Å². The van der Waals surface area contributed by atoms with Crippen molar-refractivity contribution in [3.8, 4) is 5.75 Å². The van der Waals surface area contributed by atoms with E-state index in [2.05, 4.69) is 4.98 Å². The fourth-order valence-electron chi connectivity index (χ4n) is 2.20. The highest BCUT2D eigenvalue weighted by atomic mass is 35.5. The largest absolute Gasteiger partial charge is 0.508 e. The number of imidazole rings is 1. The fourth-order valence-corrected chi connectivity index (χ4v) is 2.37. The number of hydrogen-bond acceptors (Lipinski definition) is 2. The SMILES string of the molecule is Cn1c(Cc2ccccc2O)nc2ccc(Cl)cc21. The molecule has 0 saturated carbocycles. The highest BCUT2D eigenvalue weighted by Crippen LogP contribution is 2.23. The number of aryl methyl sites for hydroxylation is 1. The minimum atomic E-state index is 0.299. The van der Waals surface area contributed by atoms with Gasteiger partial charge in [-0.25, -0.2) is 4.98 Å². The molecule has 0 saturated heterocycles. The van der Waals surface area contributed by atoms with Gasteiger partial charge in [0.25, 0.3) is 0 Å². The highest BCUT2D eigenvalue weighted by Gasteiger charge is 2.10. The number of rotatable bonds is 2. The van der Waals surface area contributed by atoms with Crippen LogP contribution in [0.4, 0.5) is 0 Å². The standard InChI is InChI=1S/C15H13ClN2O/c1-18-13-9-11(16)6-7-12(13)17-15(18)8-10-4-2-3-5-14(10)19/h2-7,9,19H,8H2,1H3. The van der Waals surface area contributed by atoms with Crippen LogP contribution in [0.5, 0.6) is 5.75 Å². The van der Waals surface area contributed by atoms with Crippen molar-refractivity contribution in [3.05, 3.63) is 58.9 Å². The lowest BCUT2D eigenvalue weighted by Crippen LogP contribution is -1.99. The molecule has 3 nitrogen and oxygen atoms in total. The van der Waals surface area contributed by atoms with Crippen molar-refractivity contribution >= 4 is 22.6 Å². The number of halogens is 1. The second-order valence-corrected chi connectivity index (χ2v) is 4.96. The second kappa shape index (κ2) is 4.59. The topological polar surface area (TPSA) is 38.0 Å². The molecule has 0 radical (unpaired) electrons. The number of phenolic OH excluding ortho intramolecular Hbond substituents is 1. The monoisotopic (exact) mass is 272 g/mol. The minimum absolute atomic E-state index is 0.299. The van der Waals surface area contributed by atoms with E-state index in [1.165, 1.54) is 0 Å². The van der Waals surface area contributed by atoms with E-state index >= 15 is 0 Å². The molecule has 3 aromatic rings. The Morgan fingerprint density at radius 2 is 2.00 bits per heavy atom. The smallest absolute Gasteiger partial charge is 0.119 e. The molecule has 0 aliphatic heterocycles. The number of nitrogens with zero attached hydrogens (tertiary/aromatic N) is 2. The highest BCUT2D eigenvalue weighted by molar-refractivity contribution is 6.31. The molecule has 1 aromatic heterocycles. The van der Waals surface area contributed by atoms with Crippen molar-refractivity contribution in [1.29, 1.82) is 0 Å². The zero-order valence-corrected chi connectivity index (χ0v) is 11.2. The molecule has 0 aliphatic rings. The van der Waals surface area contributed by atoms with E-state index in [1.54, 1.807) is 6.07 Å². The van der Waals surface area contributed by atoms with Gasteiger partial charge in [0.05, 0.1) is 11.0 Å². The van der Waals surface area contributed by atoms with E-state index < -0.39 is 0 Å². The average Bonchev–Trinajstić information content (AvgIpc) is 2.70. The molecule has 1 N–H and O–H groups in total. The van der Waals surface area contributed by atoms with E-state index in [1.807, 2.05) is 48.0 Å². The Morgan fingerprint density at radius 3 is 2.79 bits per heavy atom. The fraction of sp³-hybridized carbons (Fsp3) is 0.133. The van der Waals surface area contributed by atoms with Gasteiger partial charge in [-0.15, -0.1) is 0 Å². The quantitative estimate of drug-likeness (QED) is 0.775. The summed E-state index contributed by atoms with van der Waals surface area (Å²) in [5, 5.41) is 10.5. The summed E-state index contributed by atoms with van der Waals surface area (Å²) in [6.07, 6.45) is 0.593. The first-order valence-electron chi connectivity index (χ1n) is 6.03. The summed E-state index contributed by atoms with van der Waals surface area (Å²) in [5.41, 5.74) is 2.78. The summed E-state index contributed by atoms with van der Waals surface area (Å²) < 4.78 is 2.01. The van der Waals surface area contributed by atoms with Crippen molar-refractivity contribution < 1.29 is 5.11 Å². The lowest BCUT2D eigenvalue weighted by Gasteiger charge is -2.04. The molecule has 0 atom stereocenters. The van der Waals surface area contributed by atoms with Gasteiger partial charge in [-0.3, -0.25) is 0 Å². The first-order chi connectivity index (χ1) is 9.15. The Hall–Kier alpha value is -2.00. The Labute approximate surface area is 116 Å². The van der Waals surface area contributed by atoms with Crippen LogP contribution in [-0.4, -0.2) is 14.7 Å². The van der Waals surface area contributed by atoms with Gasteiger partial charge in [0.15, 0.2) is 0 Å². The molecule has 0 aliphatic carbocycles. The Balaban J connectivity index is 2.07. The molecular weight excluding hydrogens is 260 g/mol. The second-order valence-electron chi connectivity index (χ2n) is 4.53. The summed E-state index contributed by atoms with van der Waals surface area (Å²) in [6.45, 7) is 0. The maximum Gasteiger partial charge on any atom is 0.119 e.